The molecule has 0 aromatic carbocycles. The van der Waals surface area contributed by atoms with Gasteiger partial charge in [-0.25, -0.2) is 4.98 Å². The second kappa shape index (κ2) is 5.98. The first kappa shape index (κ1) is 14.7. The van der Waals surface area contributed by atoms with E-state index in [-0.39, 0.29) is 11.3 Å². The lowest BCUT2D eigenvalue weighted by Crippen LogP contribution is -2.42. The molecule has 1 rings (SSSR count). The van der Waals surface area contributed by atoms with Crippen molar-refractivity contribution in [3.05, 3.63) is 16.0 Å². The quantitative estimate of drug-likeness (QED) is 0.817. The monoisotopic (exact) mass is 321 g/mol. The molecule has 1 aromatic rings. The van der Waals surface area contributed by atoms with Gasteiger partial charge in [-0.05, 0) is 47.8 Å². The first-order valence-corrected chi connectivity index (χ1v) is 6.71. The summed E-state index contributed by atoms with van der Waals surface area (Å²) in [4.78, 5) is 7.92. The molecular weight excluding hydrogens is 305 g/mol. The average molecular weight is 323 g/mol. The van der Waals surface area contributed by atoms with Gasteiger partial charge in [0.1, 0.15) is 5.82 Å². The summed E-state index contributed by atoms with van der Waals surface area (Å²) in [5.74, 6) is 0.592. The first-order chi connectivity index (χ1) is 7.86. The minimum atomic E-state index is -0.786. The van der Waals surface area contributed by atoms with Crippen molar-refractivity contribution in [2.24, 2.45) is 0 Å². The molecule has 2 N–H and O–H groups in total. The molecule has 0 saturated carbocycles. The minimum Gasteiger partial charge on any atom is -0.388 e. The van der Waals surface area contributed by atoms with E-state index in [9.17, 15) is 5.11 Å². The van der Waals surface area contributed by atoms with Crippen LogP contribution < -0.4 is 5.32 Å². The SMILES string of the molecule is CCCC(C)(O)[C@@H](C)Nc1nc(Cl)ncc1Br. The van der Waals surface area contributed by atoms with Crippen LogP contribution in [0.15, 0.2) is 10.7 Å². The normalized spacial score (nSPS) is 16.4. The Morgan fingerprint density at radius 1 is 1.65 bits per heavy atom. The molecule has 0 fully saturated rings. The summed E-state index contributed by atoms with van der Waals surface area (Å²) < 4.78 is 0.723. The fourth-order valence-electron chi connectivity index (χ4n) is 1.53. The number of nitrogens with zero attached hydrogens (tertiary/aromatic N) is 2. The molecule has 0 saturated heterocycles. The van der Waals surface area contributed by atoms with Crippen molar-refractivity contribution in [1.29, 1.82) is 0 Å². The van der Waals surface area contributed by atoms with Crippen molar-refractivity contribution in [3.63, 3.8) is 0 Å². The lowest BCUT2D eigenvalue weighted by Gasteiger charge is -2.31. The van der Waals surface area contributed by atoms with Crippen LogP contribution in [0.25, 0.3) is 0 Å². The highest BCUT2D eigenvalue weighted by atomic mass is 79.9. The van der Waals surface area contributed by atoms with Gasteiger partial charge in [-0.2, -0.15) is 4.98 Å². The molecule has 0 aliphatic carbocycles. The number of aromatic nitrogens is 2. The third-order valence-electron chi connectivity index (χ3n) is 2.76. The summed E-state index contributed by atoms with van der Waals surface area (Å²) in [6.45, 7) is 5.77. The van der Waals surface area contributed by atoms with Gasteiger partial charge in [-0.15, -0.1) is 0 Å². The summed E-state index contributed by atoms with van der Waals surface area (Å²) in [6.07, 6.45) is 3.22. The fraction of sp³-hybridized carbons (Fsp3) is 0.636. The summed E-state index contributed by atoms with van der Waals surface area (Å²) in [5.41, 5.74) is -0.786. The Morgan fingerprint density at radius 2 is 2.29 bits per heavy atom. The Bertz CT molecular complexity index is 387. The summed E-state index contributed by atoms with van der Waals surface area (Å²) in [5, 5.41) is 13.6. The molecule has 0 spiro atoms. The van der Waals surface area contributed by atoms with Crippen molar-refractivity contribution in [3.8, 4) is 0 Å². The molecule has 2 atom stereocenters. The van der Waals surface area contributed by atoms with Gasteiger partial charge in [-0.3, -0.25) is 0 Å². The molecule has 6 heteroatoms. The first-order valence-electron chi connectivity index (χ1n) is 5.53. The largest absolute Gasteiger partial charge is 0.388 e. The smallest absolute Gasteiger partial charge is 0.224 e. The standard InChI is InChI=1S/C11H17BrClN3O/c1-4-5-11(3,17)7(2)15-9-8(12)6-14-10(13)16-9/h6-7,17H,4-5H2,1-3H3,(H,14,15,16)/t7-,11?/m1/s1. The average Bonchev–Trinajstić information content (AvgIpc) is 2.23. The zero-order valence-electron chi connectivity index (χ0n) is 10.2. The number of hydrogen-bond acceptors (Lipinski definition) is 4. The summed E-state index contributed by atoms with van der Waals surface area (Å²) in [7, 11) is 0. The van der Waals surface area contributed by atoms with E-state index in [1.807, 2.05) is 20.8 Å². The maximum absolute atomic E-state index is 10.3. The van der Waals surface area contributed by atoms with Crippen LogP contribution in [0.1, 0.15) is 33.6 Å². The van der Waals surface area contributed by atoms with E-state index in [1.165, 1.54) is 0 Å². The van der Waals surface area contributed by atoms with Crippen LogP contribution in [-0.2, 0) is 0 Å². The third kappa shape index (κ3) is 4.08. The van der Waals surface area contributed by atoms with E-state index in [0.717, 1.165) is 17.3 Å². The van der Waals surface area contributed by atoms with Crippen LogP contribution in [0, 0.1) is 0 Å². The molecular formula is C11H17BrClN3O. The number of halogens is 2. The molecule has 17 heavy (non-hydrogen) atoms. The van der Waals surface area contributed by atoms with Crippen LogP contribution >= 0.6 is 27.5 Å². The Kier molecular flexibility index (Phi) is 5.16. The molecule has 0 bridgehead atoms. The van der Waals surface area contributed by atoms with Gasteiger partial charge in [0, 0.05) is 6.20 Å². The van der Waals surface area contributed by atoms with Gasteiger partial charge in [0.2, 0.25) is 5.28 Å². The highest BCUT2D eigenvalue weighted by Crippen LogP contribution is 2.25. The van der Waals surface area contributed by atoms with Crippen LogP contribution in [0.2, 0.25) is 5.28 Å². The van der Waals surface area contributed by atoms with Gasteiger partial charge in [0.25, 0.3) is 0 Å². The maximum atomic E-state index is 10.3. The van der Waals surface area contributed by atoms with E-state index < -0.39 is 5.60 Å². The predicted octanol–water partition coefficient (Wildman–Crippen LogP) is 3.24. The summed E-state index contributed by atoms with van der Waals surface area (Å²) in [6, 6.07) is -0.135. The van der Waals surface area contributed by atoms with Crippen LogP contribution in [0.3, 0.4) is 0 Å². The molecule has 0 aliphatic heterocycles. The van der Waals surface area contributed by atoms with Crippen LogP contribution in [0.4, 0.5) is 5.82 Å². The highest BCUT2D eigenvalue weighted by molar-refractivity contribution is 9.10. The van der Waals surface area contributed by atoms with Gasteiger partial charge < -0.3 is 10.4 Å². The van der Waals surface area contributed by atoms with E-state index >= 15 is 0 Å². The molecule has 1 unspecified atom stereocenters. The molecule has 1 aromatic heterocycles. The van der Waals surface area contributed by atoms with Crippen molar-refractivity contribution in [1.82, 2.24) is 9.97 Å². The van der Waals surface area contributed by atoms with Crippen LogP contribution in [-0.4, -0.2) is 26.7 Å². The minimum absolute atomic E-state index is 0.135. The van der Waals surface area contributed by atoms with Crippen molar-refractivity contribution in [2.45, 2.75) is 45.3 Å². The van der Waals surface area contributed by atoms with E-state index in [2.05, 4.69) is 31.2 Å². The van der Waals surface area contributed by atoms with E-state index in [4.69, 9.17) is 11.6 Å². The molecule has 0 amide bonds. The van der Waals surface area contributed by atoms with Gasteiger partial charge in [0.05, 0.1) is 16.1 Å². The molecule has 4 nitrogen and oxygen atoms in total. The lowest BCUT2D eigenvalue weighted by molar-refractivity contribution is 0.0354. The Labute approximate surface area is 115 Å². The number of anilines is 1. The Balaban J connectivity index is 2.80. The van der Waals surface area contributed by atoms with Crippen molar-refractivity contribution in [2.75, 3.05) is 5.32 Å². The lowest BCUT2D eigenvalue weighted by atomic mass is 9.93. The highest BCUT2D eigenvalue weighted by Gasteiger charge is 2.27. The molecule has 0 aliphatic rings. The number of rotatable bonds is 5. The fourth-order valence-corrected chi connectivity index (χ4v) is 1.97. The predicted molar refractivity (Wildman–Crippen MR) is 73.4 cm³/mol. The third-order valence-corrected chi connectivity index (χ3v) is 3.52. The number of aliphatic hydroxyl groups is 1. The van der Waals surface area contributed by atoms with Gasteiger partial charge in [0.15, 0.2) is 0 Å². The Morgan fingerprint density at radius 3 is 2.88 bits per heavy atom. The Hall–Kier alpha value is -0.390. The van der Waals surface area contributed by atoms with Crippen LogP contribution in [0.5, 0.6) is 0 Å². The zero-order chi connectivity index (χ0) is 13.1. The van der Waals surface area contributed by atoms with E-state index in [0.29, 0.717) is 5.82 Å². The van der Waals surface area contributed by atoms with E-state index in [1.54, 1.807) is 6.20 Å². The van der Waals surface area contributed by atoms with Gasteiger partial charge in [-0.1, -0.05) is 13.3 Å². The second-order valence-electron chi connectivity index (χ2n) is 4.31. The number of hydrogen-bond donors (Lipinski definition) is 2. The van der Waals surface area contributed by atoms with Crippen molar-refractivity contribution < 1.29 is 5.11 Å². The summed E-state index contributed by atoms with van der Waals surface area (Å²) >= 11 is 9.07. The maximum Gasteiger partial charge on any atom is 0.224 e. The molecule has 96 valence electrons. The van der Waals surface area contributed by atoms with Crippen molar-refractivity contribution >= 4 is 33.3 Å². The topological polar surface area (TPSA) is 58.0 Å². The second-order valence-corrected chi connectivity index (χ2v) is 5.50. The number of nitrogens with one attached hydrogen (secondary N) is 1. The van der Waals surface area contributed by atoms with Gasteiger partial charge >= 0.3 is 0 Å². The molecule has 1 heterocycles. The zero-order valence-corrected chi connectivity index (χ0v) is 12.5. The molecule has 0 radical (unpaired) electrons.